The predicted molar refractivity (Wildman–Crippen MR) is 82.9 cm³/mol. The number of halogens is 4. The highest BCUT2D eigenvalue weighted by Gasteiger charge is 2.40. The summed E-state index contributed by atoms with van der Waals surface area (Å²) in [6, 6.07) is 12.4. The maximum atomic E-state index is 13.5. The van der Waals surface area contributed by atoms with Crippen molar-refractivity contribution in [2.45, 2.75) is 6.18 Å². The molecule has 0 bridgehead atoms. The molecule has 0 aliphatic heterocycles. The number of amides is 1. The van der Waals surface area contributed by atoms with E-state index in [1.54, 1.807) is 30.3 Å². The fourth-order valence-electron chi connectivity index (χ4n) is 2.29. The van der Waals surface area contributed by atoms with Crippen LogP contribution in [-0.4, -0.2) is 15.7 Å². The van der Waals surface area contributed by atoms with Gasteiger partial charge in [-0.05, 0) is 36.4 Å². The summed E-state index contributed by atoms with van der Waals surface area (Å²) in [5.41, 5.74) is -1.50. The molecule has 0 radical (unpaired) electrons. The van der Waals surface area contributed by atoms with Gasteiger partial charge in [0.2, 0.25) is 0 Å². The number of rotatable bonds is 3. The van der Waals surface area contributed by atoms with Gasteiger partial charge in [0.1, 0.15) is 5.82 Å². The number of nitrogens with one attached hydrogen (secondary N) is 1. The Hall–Kier alpha value is -3.16. The molecule has 25 heavy (non-hydrogen) atoms. The highest BCUT2D eigenvalue weighted by molar-refractivity contribution is 6.05. The van der Waals surface area contributed by atoms with E-state index in [4.69, 9.17) is 0 Å². The highest BCUT2D eigenvalue weighted by atomic mass is 19.4. The summed E-state index contributed by atoms with van der Waals surface area (Å²) in [7, 11) is 0. The summed E-state index contributed by atoms with van der Waals surface area (Å²) >= 11 is 0. The number of nitrogens with zero attached hydrogens (tertiary/aromatic N) is 2. The summed E-state index contributed by atoms with van der Waals surface area (Å²) in [5, 5.41) is 6.05. The molecule has 0 atom stereocenters. The third-order valence-electron chi connectivity index (χ3n) is 3.39. The normalized spacial score (nSPS) is 11.4. The van der Waals surface area contributed by atoms with Gasteiger partial charge >= 0.3 is 6.18 Å². The maximum absolute atomic E-state index is 13.5. The minimum Gasteiger partial charge on any atom is -0.322 e. The maximum Gasteiger partial charge on any atom is 0.434 e. The van der Waals surface area contributed by atoms with Crippen molar-refractivity contribution in [1.29, 1.82) is 0 Å². The summed E-state index contributed by atoms with van der Waals surface area (Å²) in [4.78, 5) is 12.3. The summed E-state index contributed by atoms with van der Waals surface area (Å²) in [5.74, 6) is -1.53. The van der Waals surface area contributed by atoms with Crippen molar-refractivity contribution < 1.29 is 22.4 Å². The van der Waals surface area contributed by atoms with E-state index >= 15 is 0 Å². The highest BCUT2D eigenvalue weighted by Crippen LogP contribution is 2.34. The number of para-hydroxylation sites is 1. The largest absolute Gasteiger partial charge is 0.434 e. The van der Waals surface area contributed by atoms with Gasteiger partial charge in [0.15, 0.2) is 5.69 Å². The van der Waals surface area contributed by atoms with Gasteiger partial charge < -0.3 is 5.32 Å². The Morgan fingerprint density at radius 1 is 1.00 bits per heavy atom. The van der Waals surface area contributed by atoms with Crippen LogP contribution in [-0.2, 0) is 6.18 Å². The van der Waals surface area contributed by atoms with Gasteiger partial charge in [0.25, 0.3) is 5.91 Å². The standard InChI is InChI=1S/C17H11F4N3O/c18-11-6-8-13(9-7-11)24-15(17(19,20)21)14(10-22-24)16(25)23-12-4-2-1-3-5-12/h1-10H,(H,23,25). The van der Waals surface area contributed by atoms with E-state index in [-0.39, 0.29) is 5.69 Å². The van der Waals surface area contributed by atoms with Crippen molar-refractivity contribution in [2.24, 2.45) is 0 Å². The number of hydrogen-bond acceptors (Lipinski definition) is 2. The van der Waals surface area contributed by atoms with E-state index in [9.17, 15) is 22.4 Å². The SMILES string of the molecule is O=C(Nc1ccccc1)c1cnn(-c2ccc(F)cc2)c1C(F)(F)F. The Bertz CT molecular complexity index is 887. The van der Waals surface area contributed by atoms with Crippen LogP contribution in [0.25, 0.3) is 5.69 Å². The van der Waals surface area contributed by atoms with Crippen LogP contribution in [0.5, 0.6) is 0 Å². The topological polar surface area (TPSA) is 46.9 Å². The van der Waals surface area contributed by atoms with Crippen molar-refractivity contribution in [3.05, 3.63) is 77.9 Å². The average Bonchev–Trinajstić information content (AvgIpc) is 3.02. The van der Waals surface area contributed by atoms with Crippen LogP contribution >= 0.6 is 0 Å². The molecule has 3 aromatic rings. The number of hydrogen-bond donors (Lipinski definition) is 1. The van der Waals surface area contributed by atoms with Gasteiger partial charge in [-0.1, -0.05) is 18.2 Å². The van der Waals surface area contributed by atoms with Crippen molar-refractivity contribution in [1.82, 2.24) is 9.78 Å². The van der Waals surface area contributed by atoms with Gasteiger partial charge in [-0.2, -0.15) is 18.3 Å². The molecule has 4 nitrogen and oxygen atoms in total. The van der Waals surface area contributed by atoms with Crippen LogP contribution < -0.4 is 5.32 Å². The Kier molecular flexibility index (Phi) is 4.26. The molecule has 2 aromatic carbocycles. The molecule has 1 heterocycles. The first kappa shape index (κ1) is 16.7. The van der Waals surface area contributed by atoms with Crippen LogP contribution in [0, 0.1) is 5.82 Å². The van der Waals surface area contributed by atoms with Gasteiger partial charge in [0, 0.05) is 5.69 Å². The quantitative estimate of drug-likeness (QED) is 0.718. The third kappa shape index (κ3) is 3.52. The first-order chi connectivity index (χ1) is 11.9. The number of carbonyl (C=O) groups is 1. The molecule has 1 aromatic heterocycles. The molecule has 0 fully saturated rings. The van der Waals surface area contributed by atoms with Crippen LogP contribution in [0.2, 0.25) is 0 Å². The minimum absolute atomic E-state index is 0.00696. The smallest absolute Gasteiger partial charge is 0.322 e. The van der Waals surface area contributed by atoms with Gasteiger partial charge in [-0.15, -0.1) is 0 Å². The second-order valence-electron chi connectivity index (χ2n) is 5.11. The number of benzene rings is 2. The van der Waals surface area contributed by atoms with Crippen LogP contribution in [0.3, 0.4) is 0 Å². The molecule has 3 rings (SSSR count). The molecule has 1 amide bonds. The van der Waals surface area contributed by atoms with Crippen LogP contribution in [0.4, 0.5) is 23.2 Å². The van der Waals surface area contributed by atoms with E-state index in [0.29, 0.717) is 10.4 Å². The Morgan fingerprint density at radius 2 is 1.64 bits per heavy atom. The fraction of sp³-hybridized carbons (Fsp3) is 0.0588. The molecule has 0 aliphatic carbocycles. The van der Waals surface area contributed by atoms with E-state index in [1.165, 1.54) is 0 Å². The summed E-state index contributed by atoms with van der Waals surface area (Å²) in [6.07, 6.45) is -3.99. The Morgan fingerprint density at radius 3 is 2.24 bits per heavy atom. The van der Waals surface area contributed by atoms with Gasteiger partial charge in [-0.25, -0.2) is 9.07 Å². The lowest BCUT2D eigenvalue weighted by atomic mass is 10.2. The third-order valence-corrected chi connectivity index (χ3v) is 3.39. The first-order valence-corrected chi connectivity index (χ1v) is 7.14. The molecular weight excluding hydrogens is 338 g/mol. The van der Waals surface area contributed by atoms with Crippen molar-refractivity contribution in [2.75, 3.05) is 5.32 Å². The van der Waals surface area contributed by atoms with E-state index in [1.807, 2.05) is 0 Å². The summed E-state index contributed by atoms with van der Waals surface area (Å²) in [6.45, 7) is 0. The zero-order valence-electron chi connectivity index (χ0n) is 12.6. The van der Waals surface area contributed by atoms with Crippen molar-refractivity contribution in [3.8, 4) is 5.69 Å². The lowest BCUT2D eigenvalue weighted by molar-refractivity contribution is -0.143. The first-order valence-electron chi connectivity index (χ1n) is 7.14. The number of alkyl halides is 3. The summed E-state index contributed by atoms with van der Waals surface area (Å²) < 4.78 is 54.0. The molecule has 0 saturated carbocycles. The van der Waals surface area contributed by atoms with E-state index in [2.05, 4.69) is 10.4 Å². The lowest BCUT2D eigenvalue weighted by Crippen LogP contribution is -2.20. The van der Waals surface area contributed by atoms with Crippen LogP contribution in [0.1, 0.15) is 16.1 Å². The molecule has 0 unspecified atom stereocenters. The molecule has 0 spiro atoms. The van der Waals surface area contributed by atoms with Crippen molar-refractivity contribution >= 4 is 11.6 Å². The van der Waals surface area contributed by atoms with E-state index < -0.39 is 29.2 Å². The van der Waals surface area contributed by atoms with E-state index in [0.717, 1.165) is 30.5 Å². The molecule has 128 valence electrons. The van der Waals surface area contributed by atoms with Crippen LogP contribution in [0.15, 0.2) is 60.8 Å². The number of anilines is 1. The average molecular weight is 349 g/mol. The molecule has 8 heteroatoms. The van der Waals surface area contributed by atoms with Crippen molar-refractivity contribution in [3.63, 3.8) is 0 Å². The molecule has 0 saturated heterocycles. The Balaban J connectivity index is 2.03. The van der Waals surface area contributed by atoms with Gasteiger partial charge in [-0.3, -0.25) is 4.79 Å². The second-order valence-corrected chi connectivity index (χ2v) is 5.11. The fourth-order valence-corrected chi connectivity index (χ4v) is 2.29. The second kappa shape index (κ2) is 6.39. The Labute approximate surface area is 139 Å². The number of aromatic nitrogens is 2. The van der Waals surface area contributed by atoms with Gasteiger partial charge in [0.05, 0.1) is 17.4 Å². The zero-order valence-corrected chi connectivity index (χ0v) is 12.6. The zero-order chi connectivity index (χ0) is 18.0. The lowest BCUT2D eigenvalue weighted by Gasteiger charge is -2.13. The molecular formula is C17H11F4N3O. The minimum atomic E-state index is -4.83. The molecule has 0 aliphatic rings. The monoisotopic (exact) mass is 349 g/mol. The molecule has 1 N–H and O–H groups in total. The predicted octanol–water partition coefficient (Wildman–Crippen LogP) is 4.28. The number of carbonyl (C=O) groups excluding carboxylic acids is 1.